The van der Waals surface area contributed by atoms with E-state index < -0.39 is 0 Å². The molecule has 3 heterocycles. The molecule has 0 atom stereocenters. The van der Waals surface area contributed by atoms with Gasteiger partial charge in [0, 0.05) is 55.0 Å². The Morgan fingerprint density at radius 2 is 1.66 bits per heavy atom. The number of anilines is 4. The number of aromatic nitrogens is 4. The van der Waals surface area contributed by atoms with Crippen molar-refractivity contribution in [2.75, 3.05) is 41.3 Å². The Labute approximate surface area is 192 Å². The van der Waals surface area contributed by atoms with Gasteiger partial charge in [-0.25, -0.2) is 9.97 Å². The summed E-state index contributed by atoms with van der Waals surface area (Å²) < 4.78 is 0. The number of nitrogens with one attached hydrogen (secondary N) is 1. The van der Waals surface area contributed by atoms with Crippen LogP contribution in [0.4, 0.5) is 23.1 Å². The van der Waals surface area contributed by atoms with Crippen molar-refractivity contribution in [1.29, 1.82) is 0 Å². The largest absolute Gasteiger partial charge is 0.368 e. The molecule has 1 fully saturated rings. The second-order valence-corrected chi connectivity index (χ2v) is 8.43. The monoisotopic (exact) mass is 445 g/mol. The summed E-state index contributed by atoms with van der Waals surface area (Å²) in [5.41, 5.74) is 5.72. The van der Waals surface area contributed by atoms with Crippen LogP contribution in [-0.4, -0.2) is 46.1 Å². The molecule has 1 aliphatic heterocycles. The molecule has 2 aromatic carbocycles. The lowest BCUT2D eigenvalue weighted by molar-refractivity contribution is 0.641. The van der Waals surface area contributed by atoms with Crippen LogP contribution in [0.25, 0.3) is 11.2 Å². The summed E-state index contributed by atoms with van der Waals surface area (Å²) in [6.07, 6.45) is 3.33. The standard InChI is InChI=1S/C24H24ClN7/c1-16-6-7-17(2)20(14-16)28-23-21-22(27-9-8-26-21)29-24(30-23)32-12-10-31(11-13-32)19-5-3-4-18(25)15-19/h3-9,14-15H,10-13H2,1-2H3,(H,27,28,29,30). The van der Waals surface area contributed by atoms with Gasteiger partial charge in [0.25, 0.3) is 0 Å². The van der Waals surface area contributed by atoms with Gasteiger partial charge in [-0.1, -0.05) is 29.8 Å². The van der Waals surface area contributed by atoms with E-state index in [0.717, 1.165) is 48.1 Å². The van der Waals surface area contributed by atoms with Gasteiger partial charge in [0.2, 0.25) is 5.95 Å². The van der Waals surface area contributed by atoms with Crippen LogP contribution >= 0.6 is 11.6 Å². The van der Waals surface area contributed by atoms with Crippen molar-refractivity contribution < 1.29 is 0 Å². The van der Waals surface area contributed by atoms with Crippen LogP contribution in [-0.2, 0) is 0 Å². The van der Waals surface area contributed by atoms with Gasteiger partial charge in [0.05, 0.1) is 0 Å². The zero-order valence-corrected chi connectivity index (χ0v) is 18.8. The lowest BCUT2D eigenvalue weighted by atomic mass is 10.1. The van der Waals surface area contributed by atoms with Gasteiger partial charge in [-0.2, -0.15) is 9.97 Å². The molecule has 0 amide bonds. The second-order valence-electron chi connectivity index (χ2n) is 8.00. The topological polar surface area (TPSA) is 70.1 Å². The molecule has 1 aliphatic rings. The van der Waals surface area contributed by atoms with Crippen molar-refractivity contribution in [3.8, 4) is 0 Å². The maximum absolute atomic E-state index is 6.17. The van der Waals surface area contributed by atoms with Gasteiger partial charge in [0.1, 0.15) is 0 Å². The van der Waals surface area contributed by atoms with Gasteiger partial charge < -0.3 is 15.1 Å². The third kappa shape index (κ3) is 4.16. The van der Waals surface area contributed by atoms with E-state index in [2.05, 4.69) is 63.2 Å². The first kappa shape index (κ1) is 20.5. The average Bonchev–Trinajstić information content (AvgIpc) is 2.81. The number of aryl methyl sites for hydroxylation is 2. The SMILES string of the molecule is Cc1ccc(C)c(Nc2nc(N3CCN(c4cccc(Cl)c4)CC3)nc3nccnc23)c1. The Morgan fingerprint density at radius 1 is 0.875 bits per heavy atom. The van der Waals surface area contributed by atoms with Crippen molar-refractivity contribution in [2.45, 2.75) is 13.8 Å². The van der Waals surface area contributed by atoms with E-state index in [1.807, 2.05) is 18.2 Å². The fraction of sp³-hybridized carbons (Fsp3) is 0.250. The third-order valence-electron chi connectivity index (χ3n) is 5.70. The van der Waals surface area contributed by atoms with Crippen molar-refractivity contribution >= 4 is 45.9 Å². The van der Waals surface area contributed by atoms with E-state index in [1.165, 1.54) is 5.56 Å². The molecule has 0 bridgehead atoms. The van der Waals surface area contributed by atoms with Gasteiger partial charge >= 0.3 is 0 Å². The molecule has 7 nitrogen and oxygen atoms in total. The maximum Gasteiger partial charge on any atom is 0.229 e. The van der Waals surface area contributed by atoms with Crippen molar-refractivity contribution in [3.05, 3.63) is 71.0 Å². The smallest absolute Gasteiger partial charge is 0.229 e. The summed E-state index contributed by atoms with van der Waals surface area (Å²) in [5.74, 6) is 1.33. The normalized spacial score (nSPS) is 14.1. The molecule has 1 saturated heterocycles. The first-order chi connectivity index (χ1) is 15.6. The van der Waals surface area contributed by atoms with Crippen LogP contribution in [0.1, 0.15) is 11.1 Å². The summed E-state index contributed by atoms with van der Waals surface area (Å²) in [6, 6.07) is 14.3. The molecular formula is C24H24ClN7. The first-order valence-electron chi connectivity index (χ1n) is 10.7. The Balaban J connectivity index is 1.43. The molecule has 2 aromatic heterocycles. The van der Waals surface area contributed by atoms with Gasteiger partial charge in [-0.05, 0) is 49.2 Å². The number of piperazine rings is 1. The molecule has 0 aliphatic carbocycles. The third-order valence-corrected chi connectivity index (χ3v) is 5.94. The lowest BCUT2D eigenvalue weighted by Gasteiger charge is -2.36. The van der Waals surface area contributed by atoms with Crippen molar-refractivity contribution in [2.24, 2.45) is 0 Å². The number of halogens is 1. The molecular weight excluding hydrogens is 422 g/mol. The van der Waals surface area contributed by atoms with E-state index in [9.17, 15) is 0 Å². The van der Waals surface area contributed by atoms with Crippen LogP contribution in [0.15, 0.2) is 54.9 Å². The molecule has 32 heavy (non-hydrogen) atoms. The highest BCUT2D eigenvalue weighted by Gasteiger charge is 2.21. The minimum atomic E-state index is 0.586. The minimum absolute atomic E-state index is 0.586. The number of rotatable bonds is 4. The number of hydrogen-bond acceptors (Lipinski definition) is 7. The van der Waals surface area contributed by atoms with E-state index in [4.69, 9.17) is 21.6 Å². The minimum Gasteiger partial charge on any atom is -0.368 e. The van der Waals surface area contributed by atoms with Crippen LogP contribution in [0.5, 0.6) is 0 Å². The highest BCUT2D eigenvalue weighted by atomic mass is 35.5. The summed E-state index contributed by atoms with van der Waals surface area (Å²) in [5, 5.41) is 4.22. The van der Waals surface area contributed by atoms with Gasteiger partial charge in [0.15, 0.2) is 17.0 Å². The van der Waals surface area contributed by atoms with Crippen molar-refractivity contribution in [3.63, 3.8) is 0 Å². The molecule has 4 aromatic rings. The fourth-order valence-corrected chi connectivity index (χ4v) is 4.10. The van der Waals surface area contributed by atoms with E-state index in [-0.39, 0.29) is 0 Å². The molecule has 8 heteroatoms. The second kappa shape index (κ2) is 8.59. The molecule has 0 unspecified atom stereocenters. The van der Waals surface area contributed by atoms with Crippen LogP contribution < -0.4 is 15.1 Å². The molecule has 0 radical (unpaired) electrons. The maximum atomic E-state index is 6.17. The molecule has 5 rings (SSSR count). The Morgan fingerprint density at radius 3 is 2.47 bits per heavy atom. The Bertz CT molecular complexity index is 1270. The zero-order chi connectivity index (χ0) is 22.1. The summed E-state index contributed by atoms with van der Waals surface area (Å²) in [6.45, 7) is 7.49. The number of hydrogen-bond donors (Lipinski definition) is 1. The fourth-order valence-electron chi connectivity index (χ4n) is 3.92. The molecule has 0 spiro atoms. The van der Waals surface area contributed by atoms with Crippen LogP contribution in [0.2, 0.25) is 5.02 Å². The predicted molar refractivity (Wildman–Crippen MR) is 130 cm³/mol. The molecule has 162 valence electrons. The van der Waals surface area contributed by atoms with E-state index in [1.54, 1.807) is 12.4 Å². The van der Waals surface area contributed by atoms with Gasteiger partial charge in [-0.15, -0.1) is 0 Å². The highest BCUT2D eigenvalue weighted by Crippen LogP contribution is 2.27. The molecule has 0 saturated carbocycles. The van der Waals surface area contributed by atoms with Gasteiger partial charge in [-0.3, -0.25) is 0 Å². The number of nitrogens with zero attached hydrogens (tertiary/aromatic N) is 6. The first-order valence-corrected chi connectivity index (χ1v) is 11.0. The lowest BCUT2D eigenvalue weighted by Crippen LogP contribution is -2.47. The summed E-state index contributed by atoms with van der Waals surface area (Å²) >= 11 is 6.17. The zero-order valence-electron chi connectivity index (χ0n) is 18.1. The average molecular weight is 446 g/mol. The number of fused-ring (bicyclic) bond motifs is 1. The summed E-state index contributed by atoms with van der Waals surface area (Å²) in [4.78, 5) is 23.0. The van der Waals surface area contributed by atoms with E-state index in [0.29, 0.717) is 22.9 Å². The van der Waals surface area contributed by atoms with Crippen LogP contribution in [0, 0.1) is 13.8 Å². The van der Waals surface area contributed by atoms with E-state index >= 15 is 0 Å². The Kier molecular flexibility index (Phi) is 5.49. The predicted octanol–water partition coefficient (Wildman–Crippen LogP) is 4.76. The Hall–Kier alpha value is -3.45. The molecule has 1 N–H and O–H groups in total. The summed E-state index contributed by atoms with van der Waals surface area (Å²) in [7, 11) is 0. The quantitative estimate of drug-likeness (QED) is 0.485. The highest BCUT2D eigenvalue weighted by molar-refractivity contribution is 6.30. The number of benzene rings is 2. The van der Waals surface area contributed by atoms with Crippen LogP contribution in [0.3, 0.4) is 0 Å². The van der Waals surface area contributed by atoms with Crippen molar-refractivity contribution in [1.82, 2.24) is 19.9 Å².